The molecule has 0 saturated heterocycles. The van der Waals surface area contributed by atoms with Crippen molar-refractivity contribution in [2.45, 2.75) is 12.2 Å². The molecule has 1 aliphatic rings. The van der Waals surface area contributed by atoms with Crippen molar-refractivity contribution in [2.24, 2.45) is 5.92 Å². The van der Waals surface area contributed by atoms with Gasteiger partial charge in [-0.05, 0) is 25.3 Å². The minimum atomic E-state index is -1.32. The zero-order chi connectivity index (χ0) is 16.1. The van der Waals surface area contributed by atoms with E-state index in [9.17, 15) is 9.59 Å². The zero-order valence-corrected chi connectivity index (χ0v) is 13.1. The smallest absolute Gasteiger partial charge is 0.249 e. The Labute approximate surface area is 132 Å². The van der Waals surface area contributed by atoms with E-state index in [1.165, 1.54) is 11.8 Å². The molecule has 1 aromatic carbocycles. The van der Waals surface area contributed by atoms with E-state index in [0.29, 0.717) is 30.4 Å². The van der Waals surface area contributed by atoms with Crippen LogP contribution in [0.1, 0.15) is 6.92 Å². The third-order valence-corrected chi connectivity index (χ3v) is 4.18. The highest BCUT2D eigenvalue weighted by atomic mass is 32.2. The van der Waals surface area contributed by atoms with Crippen molar-refractivity contribution in [3.05, 3.63) is 18.2 Å². The van der Waals surface area contributed by atoms with Crippen LogP contribution in [0.15, 0.2) is 18.2 Å². The molecule has 2 rings (SSSR count). The number of rotatable bonds is 5. The van der Waals surface area contributed by atoms with Gasteiger partial charge in [-0.15, -0.1) is 0 Å². The van der Waals surface area contributed by atoms with Crippen LogP contribution < -0.4 is 14.8 Å². The summed E-state index contributed by atoms with van der Waals surface area (Å²) in [7, 11) is 0. The highest BCUT2D eigenvalue weighted by Crippen LogP contribution is 2.32. The van der Waals surface area contributed by atoms with E-state index in [1.807, 2.05) is 0 Å². The van der Waals surface area contributed by atoms with E-state index < -0.39 is 22.9 Å². The molecule has 1 amide bonds. The van der Waals surface area contributed by atoms with Crippen molar-refractivity contribution in [3.63, 3.8) is 0 Å². The maximum absolute atomic E-state index is 12.1. The lowest BCUT2D eigenvalue weighted by molar-refractivity contribution is -0.128. The number of hydrogen-bond donors (Lipinski definition) is 1. The molecule has 1 heterocycles. The van der Waals surface area contributed by atoms with Gasteiger partial charge < -0.3 is 14.8 Å². The predicted molar refractivity (Wildman–Crippen MR) is 83.1 cm³/mol. The van der Waals surface area contributed by atoms with Gasteiger partial charge in [0.1, 0.15) is 13.2 Å². The average Bonchev–Trinajstić information content (AvgIpc) is 2.54. The van der Waals surface area contributed by atoms with Gasteiger partial charge in [0.05, 0.1) is 11.3 Å². The third kappa shape index (κ3) is 3.52. The molecule has 0 unspecified atom stereocenters. The molecule has 0 aromatic heterocycles. The van der Waals surface area contributed by atoms with Crippen LogP contribution in [0.5, 0.6) is 11.5 Å². The first-order valence-corrected chi connectivity index (χ1v) is 8.02. The Hall–Kier alpha value is -2.20. The van der Waals surface area contributed by atoms with E-state index in [0.717, 1.165) is 0 Å². The van der Waals surface area contributed by atoms with Crippen LogP contribution >= 0.6 is 11.8 Å². The molecule has 0 bridgehead atoms. The van der Waals surface area contributed by atoms with Gasteiger partial charge in [-0.3, -0.25) is 9.59 Å². The van der Waals surface area contributed by atoms with Gasteiger partial charge in [-0.2, -0.15) is 17.0 Å². The molecule has 0 spiro atoms. The number of benzene rings is 1. The molecule has 0 saturated carbocycles. The number of ether oxygens (including phenoxy) is 2. The van der Waals surface area contributed by atoms with Gasteiger partial charge in [0, 0.05) is 11.8 Å². The van der Waals surface area contributed by atoms with Crippen molar-refractivity contribution < 1.29 is 19.1 Å². The second-order valence-electron chi connectivity index (χ2n) is 4.69. The quantitative estimate of drug-likeness (QED) is 0.833. The van der Waals surface area contributed by atoms with Gasteiger partial charge in [0.2, 0.25) is 5.91 Å². The predicted octanol–water partition coefficient (Wildman–Crippen LogP) is 1.86. The summed E-state index contributed by atoms with van der Waals surface area (Å²) in [5.41, 5.74) is 0.458. The normalized spacial score (nSPS) is 15.3. The Morgan fingerprint density at radius 2 is 2.00 bits per heavy atom. The number of Topliss-reactive ketones (excluding diaryl/α,β-unsaturated/α-hetero) is 1. The number of fused-ring (bicyclic) bond motifs is 1. The van der Waals surface area contributed by atoms with E-state index in [1.54, 1.807) is 37.4 Å². The van der Waals surface area contributed by atoms with Gasteiger partial charge in [0.15, 0.2) is 23.2 Å². The number of thioether (sulfide) groups is 1. The Balaban J connectivity index is 2.10. The SMILES string of the molecule is CS[C@H](C)C(=O)[C@H](C#N)C(=O)Nc1ccc2c(c1)OCCO2. The summed E-state index contributed by atoms with van der Waals surface area (Å²) in [6, 6.07) is 6.70. The first-order chi connectivity index (χ1) is 10.6. The molecule has 1 N–H and O–H groups in total. The Bertz CT molecular complexity index is 626. The highest BCUT2D eigenvalue weighted by Gasteiger charge is 2.30. The first-order valence-electron chi connectivity index (χ1n) is 6.73. The van der Waals surface area contributed by atoms with Crippen LogP contribution in [-0.2, 0) is 9.59 Å². The third-order valence-electron chi connectivity index (χ3n) is 3.24. The average molecular weight is 320 g/mol. The summed E-state index contributed by atoms with van der Waals surface area (Å²) in [5, 5.41) is 11.3. The lowest BCUT2D eigenvalue weighted by atomic mass is 10.0. The lowest BCUT2D eigenvalue weighted by Crippen LogP contribution is -2.33. The molecule has 1 aromatic rings. The molecule has 7 heteroatoms. The van der Waals surface area contributed by atoms with Crippen molar-refractivity contribution in [2.75, 3.05) is 24.8 Å². The number of amides is 1. The van der Waals surface area contributed by atoms with E-state index in [-0.39, 0.29) is 0 Å². The Morgan fingerprint density at radius 3 is 2.64 bits per heavy atom. The minimum absolute atomic E-state index is 0.398. The number of carbonyl (C=O) groups excluding carboxylic acids is 2. The number of nitriles is 1. The largest absolute Gasteiger partial charge is 0.486 e. The number of ketones is 1. The van der Waals surface area contributed by atoms with Crippen LogP contribution in [0.2, 0.25) is 0 Å². The highest BCUT2D eigenvalue weighted by molar-refractivity contribution is 7.99. The molecule has 1 aliphatic heterocycles. The van der Waals surface area contributed by atoms with E-state index in [2.05, 4.69) is 5.32 Å². The van der Waals surface area contributed by atoms with Gasteiger partial charge in [-0.25, -0.2) is 0 Å². The second kappa shape index (κ2) is 7.18. The van der Waals surface area contributed by atoms with Gasteiger partial charge >= 0.3 is 0 Å². The second-order valence-corrected chi connectivity index (χ2v) is 5.87. The van der Waals surface area contributed by atoms with Crippen molar-refractivity contribution >= 4 is 29.1 Å². The first kappa shape index (κ1) is 16.2. The van der Waals surface area contributed by atoms with E-state index in [4.69, 9.17) is 14.7 Å². The molecule has 6 nitrogen and oxygen atoms in total. The molecule has 0 radical (unpaired) electrons. The van der Waals surface area contributed by atoms with Gasteiger partial charge in [0.25, 0.3) is 0 Å². The Kier molecular flexibility index (Phi) is 5.28. The topological polar surface area (TPSA) is 88.4 Å². The maximum Gasteiger partial charge on any atom is 0.249 e. The van der Waals surface area contributed by atoms with Crippen LogP contribution in [0.25, 0.3) is 0 Å². The molecular formula is C15H16N2O4S. The number of nitrogens with one attached hydrogen (secondary N) is 1. The summed E-state index contributed by atoms with van der Waals surface area (Å²) in [6.45, 7) is 2.60. The van der Waals surface area contributed by atoms with Crippen LogP contribution in [0.3, 0.4) is 0 Å². The van der Waals surface area contributed by atoms with Gasteiger partial charge in [-0.1, -0.05) is 0 Å². The number of nitrogens with zero attached hydrogens (tertiary/aromatic N) is 1. The number of anilines is 1. The van der Waals surface area contributed by atoms with E-state index >= 15 is 0 Å². The fraction of sp³-hybridized carbons (Fsp3) is 0.400. The summed E-state index contributed by atoms with van der Waals surface area (Å²) in [5.74, 6) is -1.22. The molecule has 0 fully saturated rings. The zero-order valence-electron chi connectivity index (χ0n) is 12.3. The van der Waals surface area contributed by atoms with Crippen molar-refractivity contribution in [3.8, 4) is 17.6 Å². The molecule has 2 atom stereocenters. The summed E-state index contributed by atoms with van der Waals surface area (Å²) < 4.78 is 10.8. The summed E-state index contributed by atoms with van der Waals surface area (Å²) in [6.07, 6.45) is 1.76. The summed E-state index contributed by atoms with van der Waals surface area (Å²) >= 11 is 1.30. The van der Waals surface area contributed by atoms with Crippen LogP contribution in [0, 0.1) is 17.2 Å². The Morgan fingerprint density at radius 1 is 1.32 bits per heavy atom. The standard InChI is InChI=1S/C15H16N2O4S/c1-9(22-2)14(18)11(8-16)15(19)17-10-3-4-12-13(7-10)21-6-5-20-12/h3-4,7,9,11H,5-6H2,1-2H3,(H,17,19)/t9-,11+/m1/s1. The minimum Gasteiger partial charge on any atom is -0.486 e. The molecule has 0 aliphatic carbocycles. The monoisotopic (exact) mass is 320 g/mol. The lowest BCUT2D eigenvalue weighted by Gasteiger charge is -2.19. The van der Waals surface area contributed by atoms with Crippen molar-refractivity contribution in [1.29, 1.82) is 5.26 Å². The molecular weight excluding hydrogens is 304 g/mol. The molecule has 116 valence electrons. The number of hydrogen-bond acceptors (Lipinski definition) is 6. The van der Waals surface area contributed by atoms with Crippen molar-refractivity contribution in [1.82, 2.24) is 0 Å². The van der Waals surface area contributed by atoms with Crippen LogP contribution in [-0.4, -0.2) is 36.4 Å². The fourth-order valence-corrected chi connectivity index (χ4v) is 2.31. The molecule has 22 heavy (non-hydrogen) atoms. The maximum atomic E-state index is 12.1. The fourth-order valence-electron chi connectivity index (χ4n) is 1.94. The number of carbonyl (C=O) groups is 2. The van der Waals surface area contributed by atoms with Crippen LogP contribution in [0.4, 0.5) is 5.69 Å². The summed E-state index contributed by atoms with van der Waals surface area (Å²) in [4.78, 5) is 24.2.